The van der Waals surface area contributed by atoms with E-state index in [1.807, 2.05) is 29.6 Å². The third-order valence-electron chi connectivity index (χ3n) is 3.64. The van der Waals surface area contributed by atoms with E-state index < -0.39 is 10.0 Å². The Hall–Kier alpha value is -2.19. The summed E-state index contributed by atoms with van der Waals surface area (Å²) in [5.41, 5.74) is 1.85. The van der Waals surface area contributed by atoms with E-state index in [0.29, 0.717) is 23.4 Å². The SMILES string of the molecule is CC(=O)N1N=C(c2ccccc2NS(C)(=O)=O)C[C@@H]1c1cccs1. The Labute approximate surface area is 144 Å². The fraction of sp³-hybridized carbons (Fsp3) is 0.250. The van der Waals surface area contributed by atoms with Crippen molar-refractivity contribution < 1.29 is 13.2 Å². The number of rotatable bonds is 4. The summed E-state index contributed by atoms with van der Waals surface area (Å²) in [4.78, 5) is 13.0. The first-order chi connectivity index (χ1) is 11.3. The highest BCUT2D eigenvalue weighted by Crippen LogP contribution is 2.36. The van der Waals surface area contributed by atoms with E-state index in [4.69, 9.17) is 0 Å². The second-order valence-corrected chi connectivity index (χ2v) is 8.29. The normalized spacial score (nSPS) is 17.7. The van der Waals surface area contributed by atoms with Crippen LogP contribution in [0.4, 0.5) is 5.69 Å². The zero-order valence-electron chi connectivity index (χ0n) is 13.3. The number of para-hydroxylation sites is 1. The summed E-state index contributed by atoms with van der Waals surface area (Å²) in [6.45, 7) is 1.48. The van der Waals surface area contributed by atoms with E-state index in [-0.39, 0.29) is 11.9 Å². The van der Waals surface area contributed by atoms with Crippen molar-refractivity contribution in [3.8, 4) is 0 Å². The van der Waals surface area contributed by atoms with Gasteiger partial charge in [-0.1, -0.05) is 24.3 Å². The van der Waals surface area contributed by atoms with Gasteiger partial charge >= 0.3 is 0 Å². The maximum absolute atomic E-state index is 12.0. The third kappa shape index (κ3) is 3.49. The number of sulfonamides is 1. The summed E-state index contributed by atoms with van der Waals surface area (Å²) < 4.78 is 25.7. The minimum absolute atomic E-state index is 0.142. The van der Waals surface area contributed by atoms with E-state index >= 15 is 0 Å². The number of hydrazone groups is 1. The van der Waals surface area contributed by atoms with Crippen LogP contribution in [0, 0.1) is 0 Å². The standard InChI is InChI=1S/C16H17N3O3S2/c1-11(20)19-15(16-8-5-9-23-16)10-14(17-19)12-6-3-4-7-13(12)18-24(2,21)22/h3-9,15,18H,10H2,1-2H3/t15-/m1/s1. The summed E-state index contributed by atoms with van der Waals surface area (Å²) in [6, 6.07) is 10.8. The number of carbonyl (C=O) groups excluding carboxylic acids is 1. The molecule has 1 aromatic heterocycles. The van der Waals surface area contributed by atoms with Gasteiger partial charge in [0.1, 0.15) is 0 Å². The minimum atomic E-state index is -3.40. The average molecular weight is 363 g/mol. The van der Waals surface area contributed by atoms with Crippen molar-refractivity contribution in [2.24, 2.45) is 5.10 Å². The van der Waals surface area contributed by atoms with Crippen molar-refractivity contribution in [2.45, 2.75) is 19.4 Å². The topological polar surface area (TPSA) is 78.8 Å². The lowest BCUT2D eigenvalue weighted by Gasteiger charge is -2.18. The van der Waals surface area contributed by atoms with Crippen molar-refractivity contribution in [2.75, 3.05) is 11.0 Å². The summed E-state index contributed by atoms with van der Waals surface area (Å²) in [6.07, 6.45) is 1.65. The van der Waals surface area contributed by atoms with Crippen LogP contribution in [-0.2, 0) is 14.8 Å². The lowest BCUT2D eigenvalue weighted by atomic mass is 10.0. The average Bonchev–Trinajstić information content (AvgIpc) is 3.15. The monoisotopic (exact) mass is 363 g/mol. The number of hydrogen-bond donors (Lipinski definition) is 1. The Kier molecular flexibility index (Phi) is 4.42. The molecule has 1 N–H and O–H groups in total. The molecular formula is C16H17N3O3S2. The van der Waals surface area contributed by atoms with Gasteiger partial charge in [0.2, 0.25) is 15.9 Å². The predicted octanol–water partition coefficient (Wildman–Crippen LogP) is 2.82. The van der Waals surface area contributed by atoms with Crippen molar-refractivity contribution >= 4 is 38.7 Å². The molecule has 126 valence electrons. The smallest absolute Gasteiger partial charge is 0.240 e. The van der Waals surface area contributed by atoms with Gasteiger partial charge in [-0.3, -0.25) is 9.52 Å². The highest BCUT2D eigenvalue weighted by molar-refractivity contribution is 7.92. The fourth-order valence-corrected chi connectivity index (χ4v) is 4.08. The van der Waals surface area contributed by atoms with Gasteiger partial charge in [0, 0.05) is 23.8 Å². The van der Waals surface area contributed by atoms with E-state index in [1.165, 1.54) is 11.9 Å². The van der Waals surface area contributed by atoms with Gasteiger partial charge in [0.25, 0.3) is 0 Å². The van der Waals surface area contributed by atoms with Gasteiger partial charge in [0.15, 0.2) is 0 Å². The molecule has 0 unspecified atom stereocenters. The molecule has 1 aliphatic rings. The molecule has 0 aliphatic carbocycles. The quantitative estimate of drug-likeness (QED) is 0.907. The third-order valence-corrected chi connectivity index (χ3v) is 5.20. The number of carbonyl (C=O) groups is 1. The summed E-state index contributed by atoms with van der Waals surface area (Å²) >= 11 is 1.57. The maximum atomic E-state index is 12.0. The zero-order chi connectivity index (χ0) is 17.3. The molecule has 6 nitrogen and oxygen atoms in total. The van der Waals surface area contributed by atoms with Crippen LogP contribution in [0.15, 0.2) is 46.9 Å². The first-order valence-electron chi connectivity index (χ1n) is 7.33. The van der Waals surface area contributed by atoms with Crippen LogP contribution in [0.25, 0.3) is 0 Å². The molecule has 2 heterocycles. The van der Waals surface area contributed by atoms with Crippen LogP contribution < -0.4 is 4.72 Å². The number of anilines is 1. The number of amides is 1. The first kappa shape index (κ1) is 16.7. The number of thiophene rings is 1. The molecule has 0 saturated heterocycles. The van der Waals surface area contributed by atoms with Crippen LogP contribution in [0.5, 0.6) is 0 Å². The zero-order valence-corrected chi connectivity index (χ0v) is 14.9. The Morgan fingerprint density at radius 2 is 2.04 bits per heavy atom. The highest BCUT2D eigenvalue weighted by atomic mass is 32.2. The molecule has 1 aliphatic heterocycles. The van der Waals surface area contributed by atoms with Gasteiger partial charge in [0.05, 0.1) is 23.7 Å². The van der Waals surface area contributed by atoms with Crippen molar-refractivity contribution in [1.82, 2.24) is 5.01 Å². The van der Waals surface area contributed by atoms with Crippen LogP contribution in [0.3, 0.4) is 0 Å². The van der Waals surface area contributed by atoms with Gasteiger partial charge in [-0.2, -0.15) is 5.10 Å². The van der Waals surface area contributed by atoms with Gasteiger partial charge in [-0.05, 0) is 17.5 Å². The first-order valence-corrected chi connectivity index (χ1v) is 10.1. The molecule has 0 bridgehead atoms. The molecule has 0 fully saturated rings. The van der Waals surface area contributed by atoms with Gasteiger partial charge in [-0.15, -0.1) is 11.3 Å². The van der Waals surface area contributed by atoms with Crippen molar-refractivity contribution in [3.05, 3.63) is 52.2 Å². The van der Waals surface area contributed by atoms with Gasteiger partial charge < -0.3 is 0 Å². The predicted molar refractivity (Wildman–Crippen MR) is 95.6 cm³/mol. The second-order valence-electron chi connectivity index (χ2n) is 5.57. The Morgan fingerprint density at radius 1 is 1.29 bits per heavy atom. The number of hydrogen-bond acceptors (Lipinski definition) is 5. The summed E-state index contributed by atoms with van der Waals surface area (Å²) in [5, 5.41) is 7.89. The number of benzene rings is 1. The Bertz CT molecular complexity index is 889. The van der Waals surface area contributed by atoms with Crippen molar-refractivity contribution in [3.63, 3.8) is 0 Å². The lowest BCUT2D eigenvalue weighted by molar-refractivity contribution is -0.130. The van der Waals surface area contributed by atoms with Crippen LogP contribution in [-0.4, -0.2) is 31.3 Å². The molecule has 0 saturated carbocycles. The molecule has 1 amide bonds. The molecule has 2 aromatic rings. The number of nitrogens with one attached hydrogen (secondary N) is 1. The molecule has 1 aromatic carbocycles. The van der Waals surface area contributed by atoms with Crippen molar-refractivity contribution in [1.29, 1.82) is 0 Å². The van der Waals surface area contributed by atoms with E-state index in [1.54, 1.807) is 23.5 Å². The number of nitrogens with zero attached hydrogens (tertiary/aromatic N) is 2. The maximum Gasteiger partial charge on any atom is 0.240 e. The second kappa shape index (κ2) is 6.37. The van der Waals surface area contributed by atoms with Gasteiger partial charge in [-0.25, -0.2) is 13.4 Å². The van der Waals surface area contributed by atoms with Crippen LogP contribution >= 0.6 is 11.3 Å². The van der Waals surface area contributed by atoms with Crippen LogP contribution in [0.1, 0.15) is 29.8 Å². The Balaban J connectivity index is 1.99. The summed E-state index contributed by atoms with van der Waals surface area (Å²) in [5.74, 6) is -0.142. The lowest BCUT2D eigenvalue weighted by Crippen LogP contribution is -2.23. The largest absolute Gasteiger partial charge is 0.283 e. The molecular weight excluding hydrogens is 346 g/mol. The minimum Gasteiger partial charge on any atom is -0.283 e. The highest BCUT2D eigenvalue weighted by Gasteiger charge is 2.32. The molecule has 8 heteroatoms. The van der Waals surface area contributed by atoms with E-state index in [2.05, 4.69) is 9.82 Å². The molecule has 0 spiro atoms. The Morgan fingerprint density at radius 3 is 2.67 bits per heavy atom. The fourth-order valence-electron chi connectivity index (χ4n) is 2.69. The van der Waals surface area contributed by atoms with E-state index in [9.17, 15) is 13.2 Å². The molecule has 24 heavy (non-hydrogen) atoms. The molecule has 1 atom stereocenters. The van der Waals surface area contributed by atoms with Crippen LogP contribution in [0.2, 0.25) is 0 Å². The summed E-state index contributed by atoms with van der Waals surface area (Å²) in [7, 11) is -3.40. The molecule has 3 rings (SSSR count). The van der Waals surface area contributed by atoms with E-state index in [0.717, 1.165) is 11.1 Å². The molecule has 0 radical (unpaired) electrons.